The number of pyridine rings is 1. The molecule has 3 aromatic heterocycles. The third-order valence-electron chi connectivity index (χ3n) is 5.69. The summed E-state index contributed by atoms with van der Waals surface area (Å²) in [5.41, 5.74) is 2.07. The van der Waals surface area contributed by atoms with E-state index in [1.54, 1.807) is 29.4 Å². The van der Waals surface area contributed by atoms with Gasteiger partial charge >= 0.3 is 0 Å². The van der Waals surface area contributed by atoms with E-state index in [0.29, 0.717) is 31.1 Å². The minimum Gasteiger partial charge on any atom is -0.345 e. The molecule has 0 aliphatic carbocycles. The molecule has 0 unspecified atom stereocenters. The molecule has 152 valence electrons. The zero-order valence-electron chi connectivity index (χ0n) is 17.2. The van der Waals surface area contributed by atoms with Crippen LogP contribution in [0.2, 0.25) is 0 Å². The van der Waals surface area contributed by atoms with E-state index in [-0.39, 0.29) is 16.9 Å². The van der Waals surface area contributed by atoms with E-state index < -0.39 is 0 Å². The van der Waals surface area contributed by atoms with E-state index in [9.17, 15) is 9.59 Å². The smallest absolute Gasteiger partial charge is 0.256 e. The molecule has 0 atom stereocenters. The lowest BCUT2D eigenvalue weighted by molar-refractivity contribution is 0.0684. The molecule has 4 rings (SSSR count). The lowest BCUT2D eigenvalue weighted by Gasteiger charge is -2.32. The number of hydrogen-bond acceptors (Lipinski definition) is 4. The number of carbonyl (C=O) groups excluding carboxylic acids is 1. The largest absolute Gasteiger partial charge is 0.345 e. The van der Waals surface area contributed by atoms with E-state index in [0.717, 1.165) is 29.6 Å². The van der Waals surface area contributed by atoms with Gasteiger partial charge in [0.15, 0.2) is 0 Å². The van der Waals surface area contributed by atoms with Gasteiger partial charge in [0.25, 0.3) is 11.5 Å². The van der Waals surface area contributed by atoms with Crippen LogP contribution in [-0.2, 0) is 12.0 Å². The minimum absolute atomic E-state index is 0.00489. The van der Waals surface area contributed by atoms with Crippen molar-refractivity contribution >= 4 is 16.9 Å². The van der Waals surface area contributed by atoms with Crippen LogP contribution in [0.3, 0.4) is 0 Å². The quantitative estimate of drug-likeness (QED) is 0.741. The van der Waals surface area contributed by atoms with Crippen LogP contribution in [0.15, 0.2) is 41.7 Å². The molecule has 1 amide bonds. The summed E-state index contributed by atoms with van der Waals surface area (Å²) in [6.07, 6.45) is 6.87. The van der Waals surface area contributed by atoms with Crippen molar-refractivity contribution < 1.29 is 4.79 Å². The monoisotopic (exact) mass is 393 g/mol. The standard InChI is InChI=1S/C22H27N5O2/c1-22(2,3)18-11-19(28)27(14-25-18)13-15-6-9-26(10-7-15)21(29)17-12-24-20-16(17)5-4-8-23-20/h4-5,8,11-12,14-15H,6-7,9-10,13H2,1-3H3,(H,23,24). The Morgan fingerprint density at radius 1 is 1.24 bits per heavy atom. The molecular formula is C22H27N5O2. The number of H-pyrrole nitrogens is 1. The number of fused-ring (bicyclic) bond motifs is 1. The van der Waals surface area contributed by atoms with E-state index in [2.05, 4.69) is 35.7 Å². The Bertz CT molecular complexity index is 1080. The van der Waals surface area contributed by atoms with Gasteiger partial charge < -0.3 is 9.88 Å². The van der Waals surface area contributed by atoms with Gasteiger partial charge in [-0.05, 0) is 30.9 Å². The summed E-state index contributed by atoms with van der Waals surface area (Å²) in [5, 5.41) is 0.858. The molecule has 0 bridgehead atoms. The van der Waals surface area contributed by atoms with Crippen molar-refractivity contribution in [3.63, 3.8) is 0 Å². The number of likely N-dealkylation sites (tertiary alicyclic amines) is 1. The van der Waals surface area contributed by atoms with Crippen molar-refractivity contribution in [3.8, 4) is 0 Å². The van der Waals surface area contributed by atoms with Gasteiger partial charge in [0, 0.05) is 48.9 Å². The second-order valence-electron chi connectivity index (χ2n) is 8.85. The van der Waals surface area contributed by atoms with Gasteiger partial charge in [0.2, 0.25) is 0 Å². The molecular weight excluding hydrogens is 366 g/mol. The van der Waals surface area contributed by atoms with Crippen molar-refractivity contribution in [1.82, 2.24) is 24.4 Å². The zero-order chi connectivity index (χ0) is 20.6. The van der Waals surface area contributed by atoms with Crippen LogP contribution in [0.1, 0.15) is 49.7 Å². The number of rotatable bonds is 3. The molecule has 7 heteroatoms. The average Bonchev–Trinajstić information content (AvgIpc) is 3.13. The summed E-state index contributed by atoms with van der Waals surface area (Å²) < 4.78 is 1.70. The van der Waals surface area contributed by atoms with Gasteiger partial charge in [-0.15, -0.1) is 0 Å². The molecule has 0 aromatic carbocycles. The number of hydrogen-bond donors (Lipinski definition) is 1. The Morgan fingerprint density at radius 2 is 2.00 bits per heavy atom. The fourth-order valence-corrected chi connectivity index (χ4v) is 3.87. The average molecular weight is 393 g/mol. The van der Waals surface area contributed by atoms with Gasteiger partial charge in [-0.1, -0.05) is 20.8 Å². The van der Waals surface area contributed by atoms with Crippen LogP contribution in [0, 0.1) is 5.92 Å². The Balaban J connectivity index is 1.40. The third-order valence-corrected chi connectivity index (χ3v) is 5.69. The van der Waals surface area contributed by atoms with Crippen molar-refractivity contribution in [2.45, 2.75) is 45.6 Å². The highest BCUT2D eigenvalue weighted by atomic mass is 16.2. The van der Waals surface area contributed by atoms with Crippen molar-refractivity contribution in [2.75, 3.05) is 13.1 Å². The van der Waals surface area contributed by atoms with Crippen LogP contribution in [0.25, 0.3) is 11.0 Å². The molecule has 1 aliphatic rings. The number of aromatic nitrogens is 4. The number of nitrogens with zero attached hydrogens (tertiary/aromatic N) is 4. The maximum atomic E-state index is 12.9. The Hall–Kier alpha value is -2.96. The second-order valence-corrected chi connectivity index (χ2v) is 8.85. The molecule has 0 saturated carbocycles. The lowest BCUT2D eigenvalue weighted by Crippen LogP contribution is -2.40. The SMILES string of the molecule is CC(C)(C)c1cc(=O)n(CC2CCN(C(=O)c3c[nH]c4ncccc34)CC2)cn1. The topological polar surface area (TPSA) is 83.9 Å². The molecule has 1 fully saturated rings. The second kappa shape index (κ2) is 7.46. The van der Waals surface area contributed by atoms with Crippen molar-refractivity contribution in [1.29, 1.82) is 0 Å². The highest BCUT2D eigenvalue weighted by Crippen LogP contribution is 2.23. The molecule has 1 aliphatic heterocycles. The van der Waals surface area contributed by atoms with Crippen LogP contribution in [-0.4, -0.2) is 43.4 Å². The maximum Gasteiger partial charge on any atom is 0.256 e. The molecule has 1 saturated heterocycles. The fraction of sp³-hybridized carbons (Fsp3) is 0.455. The molecule has 0 spiro atoms. The lowest BCUT2D eigenvalue weighted by atomic mass is 9.92. The first-order valence-corrected chi connectivity index (χ1v) is 10.1. The summed E-state index contributed by atoms with van der Waals surface area (Å²) in [4.78, 5) is 39.1. The summed E-state index contributed by atoms with van der Waals surface area (Å²) in [6, 6.07) is 5.40. The van der Waals surface area contributed by atoms with Gasteiger partial charge in [0.05, 0.1) is 17.6 Å². The number of amides is 1. The maximum absolute atomic E-state index is 12.9. The highest BCUT2D eigenvalue weighted by Gasteiger charge is 2.26. The van der Waals surface area contributed by atoms with Gasteiger partial charge in [0.1, 0.15) is 5.65 Å². The zero-order valence-corrected chi connectivity index (χ0v) is 17.2. The van der Waals surface area contributed by atoms with Crippen LogP contribution in [0.5, 0.6) is 0 Å². The molecule has 0 radical (unpaired) electrons. The number of aromatic amines is 1. The molecule has 29 heavy (non-hydrogen) atoms. The summed E-state index contributed by atoms with van der Waals surface area (Å²) >= 11 is 0. The summed E-state index contributed by atoms with van der Waals surface area (Å²) in [7, 11) is 0. The highest BCUT2D eigenvalue weighted by molar-refractivity contribution is 6.05. The Kier molecular flexibility index (Phi) is 4.98. The van der Waals surface area contributed by atoms with Crippen LogP contribution >= 0.6 is 0 Å². The molecule has 7 nitrogen and oxygen atoms in total. The van der Waals surface area contributed by atoms with E-state index in [1.807, 2.05) is 17.0 Å². The van der Waals surface area contributed by atoms with E-state index in [1.165, 1.54) is 0 Å². The third kappa shape index (κ3) is 3.95. The van der Waals surface area contributed by atoms with E-state index >= 15 is 0 Å². The first-order valence-electron chi connectivity index (χ1n) is 10.1. The molecule has 3 aromatic rings. The minimum atomic E-state index is -0.137. The normalized spacial score (nSPS) is 15.8. The van der Waals surface area contributed by atoms with Crippen molar-refractivity contribution in [2.24, 2.45) is 5.92 Å². The Labute approximate surface area is 169 Å². The van der Waals surface area contributed by atoms with Gasteiger partial charge in [-0.2, -0.15) is 0 Å². The van der Waals surface area contributed by atoms with Crippen LogP contribution in [0.4, 0.5) is 0 Å². The molecule has 1 N–H and O–H groups in total. The van der Waals surface area contributed by atoms with Gasteiger partial charge in [-0.25, -0.2) is 9.97 Å². The van der Waals surface area contributed by atoms with Crippen LogP contribution < -0.4 is 5.56 Å². The van der Waals surface area contributed by atoms with Crippen molar-refractivity contribution in [3.05, 3.63) is 58.5 Å². The summed E-state index contributed by atoms with van der Waals surface area (Å²) in [6.45, 7) is 8.19. The van der Waals surface area contributed by atoms with E-state index in [4.69, 9.17) is 0 Å². The van der Waals surface area contributed by atoms with Gasteiger partial charge in [-0.3, -0.25) is 14.2 Å². The number of piperidine rings is 1. The fourth-order valence-electron chi connectivity index (χ4n) is 3.87. The Morgan fingerprint density at radius 3 is 2.69 bits per heavy atom. The predicted octanol–water partition coefficient (Wildman–Crippen LogP) is 2.97. The first kappa shape index (κ1) is 19.4. The predicted molar refractivity (Wildman–Crippen MR) is 112 cm³/mol. The summed E-state index contributed by atoms with van der Waals surface area (Å²) in [5.74, 6) is 0.403. The first-order chi connectivity index (χ1) is 13.8. The number of nitrogens with one attached hydrogen (secondary N) is 1. The molecule has 4 heterocycles. The number of carbonyl (C=O) groups is 1.